The highest BCUT2D eigenvalue weighted by Crippen LogP contribution is 2.32. The Hall–Kier alpha value is -4.22. The van der Waals surface area contributed by atoms with Crippen LogP contribution >= 0.6 is 0 Å². The van der Waals surface area contributed by atoms with Crippen LogP contribution in [-0.4, -0.2) is 213 Å². The van der Waals surface area contributed by atoms with Crippen molar-refractivity contribution in [2.75, 3.05) is 85.1 Å². The molecule has 0 unspecified atom stereocenters. The summed E-state index contributed by atoms with van der Waals surface area (Å²) in [4.78, 5) is 106. The number of aliphatic carboxylic acids is 4. The Labute approximate surface area is 344 Å². The van der Waals surface area contributed by atoms with Crippen molar-refractivity contribution in [3.8, 4) is 0 Å². The van der Waals surface area contributed by atoms with Gasteiger partial charge < -0.3 is 46.0 Å². The van der Waals surface area contributed by atoms with Crippen molar-refractivity contribution in [3.05, 3.63) is 0 Å². The molecule has 2 saturated heterocycles. The molecule has 332 valence electrons. The molecule has 21 nitrogen and oxygen atoms in total. The highest BCUT2D eigenvalue weighted by Gasteiger charge is 2.39. The zero-order valence-corrected chi connectivity index (χ0v) is 33.9. The summed E-state index contributed by atoms with van der Waals surface area (Å²) in [6.07, 6.45) is 4.17. The van der Waals surface area contributed by atoms with E-state index in [1.807, 2.05) is 0 Å². The molecule has 2 aliphatic heterocycles. The van der Waals surface area contributed by atoms with E-state index >= 15 is 0 Å². The summed E-state index contributed by atoms with van der Waals surface area (Å²) in [7, 11) is -1.64. The number of ketones is 1. The number of hydrogen-bond acceptors (Lipinski definition) is 14. The monoisotopic (exact) mass is 839 g/mol. The number of carbonyl (C=O) groups excluding carboxylic acids is 4. The fourth-order valence-corrected chi connectivity index (χ4v) is 8.11. The highest BCUT2D eigenvalue weighted by atomic mass is 16.4. The van der Waals surface area contributed by atoms with Gasteiger partial charge >= 0.3 is 31.0 Å². The van der Waals surface area contributed by atoms with Gasteiger partial charge in [-0.3, -0.25) is 58.0 Å². The second kappa shape index (κ2) is 24.8. The summed E-state index contributed by atoms with van der Waals surface area (Å²) in [5.41, 5.74) is 0. The Kier molecular flexibility index (Phi) is 20.6. The number of hydrogen-bond donors (Lipinski definition) is 8. The van der Waals surface area contributed by atoms with Gasteiger partial charge in [-0.25, -0.2) is 0 Å². The first kappa shape index (κ1) is 49.1. The maximum absolute atomic E-state index is 12.9. The predicted molar refractivity (Wildman–Crippen MR) is 210 cm³/mol. The van der Waals surface area contributed by atoms with Gasteiger partial charge in [-0.05, 0) is 64.2 Å². The quantitative estimate of drug-likeness (QED) is 0.0587. The molecule has 0 aromatic carbocycles. The normalized spacial score (nSPS) is 22.9. The van der Waals surface area contributed by atoms with Crippen LogP contribution in [0, 0.1) is 11.8 Å². The summed E-state index contributed by atoms with van der Waals surface area (Å²) < 4.78 is 0. The molecular weight excluding hydrogens is 777 g/mol. The molecule has 0 aromatic rings. The van der Waals surface area contributed by atoms with Gasteiger partial charge in [0.15, 0.2) is 5.78 Å². The number of amides is 3. The van der Waals surface area contributed by atoms with E-state index in [-0.39, 0.29) is 127 Å². The van der Waals surface area contributed by atoms with E-state index < -0.39 is 54.9 Å². The molecular formula is C37H62BN7O14. The predicted octanol–water partition coefficient (Wildman–Crippen LogP) is -2.53. The maximum Gasteiger partial charge on any atom is 0.475 e. The minimum Gasteiger partial charge on any atom is -0.480 e. The molecule has 1 saturated carbocycles. The Bertz CT molecular complexity index is 1430. The second-order valence-corrected chi connectivity index (χ2v) is 15.9. The number of carboxylic acids is 4. The van der Waals surface area contributed by atoms with Crippen LogP contribution in [0.15, 0.2) is 0 Å². The molecule has 3 rings (SSSR count). The lowest BCUT2D eigenvalue weighted by atomic mass is 9.77. The average molecular weight is 840 g/mol. The first-order valence-electron chi connectivity index (χ1n) is 20.5. The highest BCUT2D eigenvalue weighted by molar-refractivity contribution is 6.43. The van der Waals surface area contributed by atoms with Crippen molar-refractivity contribution >= 4 is 54.5 Å². The van der Waals surface area contributed by atoms with Gasteiger partial charge in [0.2, 0.25) is 17.7 Å². The average Bonchev–Trinajstić information content (AvgIpc) is 3.67. The minimum atomic E-state index is -1.64. The topological polar surface area (TPSA) is 298 Å². The van der Waals surface area contributed by atoms with Crippen LogP contribution in [0.25, 0.3) is 0 Å². The molecule has 59 heavy (non-hydrogen) atoms. The Morgan fingerprint density at radius 1 is 0.678 bits per heavy atom. The molecule has 3 amide bonds. The maximum atomic E-state index is 12.9. The van der Waals surface area contributed by atoms with Crippen LogP contribution in [0.1, 0.15) is 71.1 Å². The van der Waals surface area contributed by atoms with Crippen molar-refractivity contribution < 1.29 is 68.8 Å². The zero-order valence-electron chi connectivity index (χ0n) is 33.9. The lowest BCUT2D eigenvalue weighted by Crippen LogP contribution is -2.53. The van der Waals surface area contributed by atoms with Gasteiger partial charge in [0.05, 0.1) is 32.1 Å². The molecule has 3 atom stereocenters. The standard InChI is InChI=1S/C37H62BN7O14/c1-25(36(55)45-12-2-3-30(45)38(58)59)40-35(54)27-7-4-26(5-8-27)6-9-28(46)21-39-31(47)11-10-29(37(56)57)44-19-17-42(23-33(50)51)15-13-41(22-32(48)49)14-16-43(18-20-44)24-34(52)53/h25-27,29-30,58-59H,2-24H2,1H3,(H,39,47)(H,40,54)(H,48,49)(H,50,51)(H,52,53)(H,56,57)/t25-,26?,27?,29-,30+/m1/s1. The minimum absolute atomic E-state index is 0.0753. The summed E-state index contributed by atoms with van der Waals surface area (Å²) in [5, 5.41) is 63.0. The number of carboxylic acid groups (broad SMARTS) is 4. The third-order valence-corrected chi connectivity index (χ3v) is 11.5. The molecule has 1 aliphatic carbocycles. The first-order valence-corrected chi connectivity index (χ1v) is 20.5. The Morgan fingerprint density at radius 3 is 1.66 bits per heavy atom. The number of Topliss-reactive ketones (excluding diaryl/α,β-unsaturated/α-hetero) is 1. The molecule has 3 fully saturated rings. The molecule has 22 heteroatoms. The smallest absolute Gasteiger partial charge is 0.475 e. The van der Waals surface area contributed by atoms with E-state index in [9.17, 15) is 68.8 Å². The van der Waals surface area contributed by atoms with Crippen LogP contribution in [0.2, 0.25) is 0 Å². The fourth-order valence-electron chi connectivity index (χ4n) is 8.11. The molecule has 0 spiro atoms. The van der Waals surface area contributed by atoms with Crippen molar-refractivity contribution in [2.45, 2.75) is 89.2 Å². The van der Waals surface area contributed by atoms with Gasteiger partial charge in [0, 0.05) is 77.7 Å². The van der Waals surface area contributed by atoms with E-state index in [1.165, 1.54) is 4.90 Å². The summed E-state index contributed by atoms with van der Waals surface area (Å²) >= 11 is 0. The van der Waals surface area contributed by atoms with Crippen molar-refractivity contribution in [1.82, 2.24) is 35.1 Å². The number of likely N-dealkylation sites (tertiary alicyclic amines) is 1. The third-order valence-electron chi connectivity index (χ3n) is 11.5. The van der Waals surface area contributed by atoms with Crippen LogP contribution in [0.3, 0.4) is 0 Å². The van der Waals surface area contributed by atoms with Gasteiger partial charge in [-0.15, -0.1) is 0 Å². The summed E-state index contributed by atoms with van der Waals surface area (Å²) in [6, 6.07) is -1.99. The Balaban J connectivity index is 1.46. The van der Waals surface area contributed by atoms with Crippen LogP contribution in [0.4, 0.5) is 0 Å². The SMILES string of the molecule is C[C@@H](NC(=O)C1CCC(CCC(=O)CNC(=O)CC[C@H](C(=O)O)N2CCN(CC(=O)O)CCN(CC(=O)O)CCN(CC(=O)O)CC2)CC1)C(=O)N1CCC[C@H]1B(O)O. The largest absolute Gasteiger partial charge is 0.480 e. The van der Waals surface area contributed by atoms with E-state index in [2.05, 4.69) is 10.6 Å². The van der Waals surface area contributed by atoms with Gasteiger partial charge in [0.25, 0.3) is 0 Å². The van der Waals surface area contributed by atoms with Gasteiger partial charge in [0.1, 0.15) is 12.1 Å². The van der Waals surface area contributed by atoms with E-state index in [4.69, 9.17) is 0 Å². The summed E-state index contributed by atoms with van der Waals surface area (Å²) in [5.74, 6) is -6.62. The lowest BCUT2D eigenvalue weighted by Gasteiger charge is -2.35. The zero-order chi connectivity index (χ0) is 43.6. The van der Waals surface area contributed by atoms with Crippen molar-refractivity contribution in [3.63, 3.8) is 0 Å². The molecule has 8 N–H and O–H groups in total. The van der Waals surface area contributed by atoms with Gasteiger partial charge in [-0.2, -0.15) is 0 Å². The third kappa shape index (κ3) is 17.5. The van der Waals surface area contributed by atoms with Gasteiger partial charge in [-0.1, -0.05) is 0 Å². The molecule has 0 radical (unpaired) electrons. The summed E-state index contributed by atoms with van der Waals surface area (Å²) in [6.45, 7) is 1.79. The molecule has 0 aromatic heterocycles. The van der Waals surface area contributed by atoms with Crippen LogP contribution in [-0.2, 0) is 38.4 Å². The number of carbonyl (C=O) groups is 8. The number of nitrogens with one attached hydrogen (secondary N) is 2. The number of nitrogens with zero attached hydrogens (tertiary/aromatic N) is 5. The van der Waals surface area contributed by atoms with Crippen molar-refractivity contribution in [2.24, 2.45) is 11.8 Å². The Morgan fingerprint density at radius 2 is 1.19 bits per heavy atom. The molecule has 0 bridgehead atoms. The van der Waals surface area contributed by atoms with E-state index in [0.717, 1.165) is 0 Å². The lowest BCUT2D eigenvalue weighted by molar-refractivity contribution is -0.145. The molecule has 2 heterocycles. The van der Waals surface area contributed by atoms with Crippen molar-refractivity contribution in [1.29, 1.82) is 0 Å². The first-order chi connectivity index (χ1) is 27.9. The van der Waals surface area contributed by atoms with Crippen LogP contribution in [0.5, 0.6) is 0 Å². The van der Waals surface area contributed by atoms with Crippen LogP contribution < -0.4 is 10.6 Å². The number of rotatable bonds is 20. The second-order valence-electron chi connectivity index (χ2n) is 15.9. The van der Waals surface area contributed by atoms with E-state index in [0.29, 0.717) is 51.5 Å². The van der Waals surface area contributed by atoms with E-state index in [1.54, 1.807) is 26.5 Å². The fraction of sp³-hybridized carbons (Fsp3) is 0.784. The molecule has 3 aliphatic rings.